The summed E-state index contributed by atoms with van der Waals surface area (Å²) in [4.78, 5) is 0. The second kappa shape index (κ2) is 5.24. The lowest BCUT2D eigenvalue weighted by atomic mass is 10.2. The summed E-state index contributed by atoms with van der Waals surface area (Å²) in [6.07, 6.45) is 0. The Morgan fingerprint density at radius 3 is 2.68 bits per heavy atom. The third-order valence-electron chi connectivity index (χ3n) is 2.99. The van der Waals surface area contributed by atoms with Crippen molar-refractivity contribution in [2.75, 3.05) is 0 Å². The van der Waals surface area contributed by atoms with E-state index in [2.05, 4.69) is 5.32 Å². The molecule has 0 spiro atoms. The van der Waals surface area contributed by atoms with E-state index in [9.17, 15) is 4.39 Å². The van der Waals surface area contributed by atoms with Crippen LogP contribution in [0.4, 0.5) is 4.39 Å². The van der Waals surface area contributed by atoms with Gasteiger partial charge in [-0.25, -0.2) is 4.39 Å². The first kappa shape index (κ1) is 11.9. The number of hydrogen-bond acceptors (Lipinski definition) is 2. The van der Waals surface area contributed by atoms with Gasteiger partial charge in [-0.1, -0.05) is 30.3 Å². The maximum atomic E-state index is 13.0. The minimum absolute atomic E-state index is 0.206. The average molecular weight is 255 g/mol. The molecular formula is C16H14FNO. The molecule has 3 heteroatoms. The summed E-state index contributed by atoms with van der Waals surface area (Å²) in [5, 5.41) is 4.35. The molecule has 3 rings (SSSR count). The van der Waals surface area contributed by atoms with E-state index in [0.29, 0.717) is 13.1 Å². The molecular weight excluding hydrogens is 241 g/mol. The highest BCUT2D eigenvalue weighted by Gasteiger charge is 2.02. The molecule has 2 nitrogen and oxygen atoms in total. The van der Waals surface area contributed by atoms with Gasteiger partial charge in [0.05, 0.1) is 6.54 Å². The molecule has 0 saturated heterocycles. The largest absolute Gasteiger partial charge is 0.460 e. The average Bonchev–Trinajstić information content (AvgIpc) is 2.81. The third kappa shape index (κ3) is 2.83. The predicted octanol–water partition coefficient (Wildman–Crippen LogP) is 3.86. The molecule has 3 aromatic rings. The Labute approximate surface area is 110 Å². The van der Waals surface area contributed by atoms with Gasteiger partial charge in [0.2, 0.25) is 0 Å². The Morgan fingerprint density at radius 1 is 0.947 bits per heavy atom. The number of nitrogens with one attached hydrogen (secondary N) is 1. The highest BCUT2D eigenvalue weighted by Crippen LogP contribution is 2.18. The number of halogens is 1. The number of hydrogen-bond donors (Lipinski definition) is 1. The van der Waals surface area contributed by atoms with E-state index < -0.39 is 0 Å². The smallest absolute Gasteiger partial charge is 0.134 e. The number of fused-ring (bicyclic) bond motifs is 1. The van der Waals surface area contributed by atoms with Crippen LogP contribution in [-0.4, -0.2) is 0 Å². The van der Waals surface area contributed by atoms with Gasteiger partial charge in [-0.2, -0.15) is 0 Å². The van der Waals surface area contributed by atoms with Gasteiger partial charge < -0.3 is 9.73 Å². The summed E-state index contributed by atoms with van der Waals surface area (Å²) in [6.45, 7) is 1.25. The monoisotopic (exact) mass is 255 g/mol. The highest BCUT2D eigenvalue weighted by molar-refractivity contribution is 5.77. The van der Waals surface area contributed by atoms with Gasteiger partial charge in [0, 0.05) is 11.9 Å². The van der Waals surface area contributed by atoms with Crippen LogP contribution in [0.15, 0.2) is 59.0 Å². The van der Waals surface area contributed by atoms with E-state index >= 15 is 0 Å². The molecule has 0 radical (unpaired) electrons. The zero-order valence-electron chi connectivity index (χ0n) is 10.4. The van der Waals surface area contributed by atoms with Crippen molar-refractivity contribution in [2.24, 2.45) is 0 Å². The predicted molar refractivity (Wildman–Crippen MR) is 73.2 cm³/mol. The fraction of sp³-hybridized carbons (Fsp3) is 0.125. The lowest BCUT2D eigenvalue weighted by Crippen LogP contribution is -2.12. The van der Waals surface area contributed by atoms with Crippen molar-refractivity contribution in [1.29, 1.82) is 0 Å². The van der Waals surface area contributed by atoms with Crippen LogP contribution in [0.3, 0.4) is 0 Å². The maximum Gasteiger partial charge on any atom is 0.134 e. The first-order chi connectivity index (χ1) is 9.31. The normalized spacial score (nSPS) is 11.0. The minimum atomic E-state index is -0.206. The summed E-state index contributed by atoms with van der Waals surface area (Å²) in [5.41, 5.74) is 1.82. The molecule has 0 aliphatic heterocycles. The lowest BCUT2D eigenvalue weighted by molar-refractivity contribution is 0.513. The van der Waals surface area contributed by atoms with Gasteiger partial charge >= 0.3 is 0 Å². The minimum Gasteiger partial charge on any atom is -0.460 e. The molecule has 1 N–H and O–H groups in total. The number of para-hydroxylation sites is 1. The van der Waals surface area contributed by atoms with Crippen molar-refractivity contribution >= 4 is 11.0 Å². The van der Waals surface area contributed by atoms with Crippen molar-refractivity contribution < 1.29 is 8.81 Å². The topological polar surface area (TPSA) is 25.2 Å². The van der Waals surface area contributed by atoms with E-state index in [1.807, 2.05) is 36.4 Å². The zero-order valence-corrected chi connectivity index (χ0v) is 10.4. The summed E-state index contributed by atoms with van der Waals surface area (Å²) >= 11 is 0. The molecule has 0 saturated carbocycles. The summed E-state index contributed by atoms with van der Waals surface area (Å²) in [7, 11) is 0. The summed E-state index contributed by atoms with van der Waals surface area (Å²) in [6, 6.07) is 16.5. The van der Waals surface area contributed by atoms with Gasteiger partial charge in [-0.05, 0) is 29.8 Å². The first-order valence-corrected chi connectivity index (χ1v) is 6.24. The second-order valence-electron chi connectivity index (χ2n) is 4.48. The maximum absolute atomic E-state index is 13.0. The molecule has 0 aliphatic carbocycles. The third-order valence-corrected chi connectivity index (χ3v) is 2.99. The second-order valence-corrected chi connectivity index (χ2v) is 4.48. The van der Waals surface area contributed by atoms with Crippen LogP contribution in [-0.2, 0) is 13.1 Å². The molecule has 0 amide bonds. The summed E-state index contributed by atoms with van der Waals surface area (Å²) in [5.74, 6) is 0.681. The zero-order chi connectivity index (χ0) is 13.1. The van der Waals surface area contributed by atoms with Crippen LogP contribution >= 0.6 is 0 Å². The Bertz CT molecular complexity index is 657. The lowest BCUT2D eigenvalue weighted by Gasteiger charge is -2.02. The fourth-order valence-corrected chi connectivity index (χ4v) is 2.10. The standard InChI is InChI=1S/C16H14FNO/c17-14-6-3-4-12(8-14)10-18-11-15-9-13-5-1-2-7-16(13)19-15/h1-9,18H,10-11H2. The van der Waals surface area contributed by atoms with E-state index in [1.54, 1.807) is 6.07 Å². The fourth-order valence-electron chi connectivity index (χ4n) is 2.10. The summed E-state index contributed by atoms with van der Waals surface area (Å²) < 4.78 is 18.7. The first-order valence-electron chi connectivity index (χ1n) is 6.24. The molecule has 0 unspecified atom stereocenters. The van der Waals surface area contributed by atoms with Crippen LogP contribution in [0.1, 0.15) is 11.3 Å². The number of rotatable bonds is 4. The molecule has 0 aliphatic rings. The Hall–Kier alpha value is -2.13. The van der Waals surface area contributed by atoms with E-state index in [1.165, 1.54) is 12.1 Å². The Balaban J connectivity index is 1.63. The van der Waals surface area contributed by atoms with Gasteiger partial charge in [-0.3, -0.25) is 0 Å². The van der Waals surface area contributed by atoms with E-state index in [0.717, 1.165) is 22.3 Å². The van der Waals surface area contributed by atoms with Gasteiger partial charge in [-0.15, -0.1) is 0 Å². The van der Waals surface area contributed by atoms with Crippen LogP contribution in [0, 0.1) is 5.82 Å². The molecule has 19 heavy (non-hydrogen) atoms. The van der Waals surface area contributed by atoms with Crippen molar-refractivity contribution in [3.8, 4) is 0 Å². The van der Waals surface area contributed by atoms with Gasteiger partial charge in [0.1, 0.15) is 17.2 Å². The van der Waals surface area contributed by atoms with Crippen molar-refractivity contribution in [1.82, 2.24) is 5.32 Å². The Kier molecular flexibility index (Phi) is 3.29. The molecule has 2 aromatic carbocycles. The van der Waals surface area contributed by atoms with E-state index in [-0.39, 0.29) is 5.82 Å². The van der Waals surface area contributed by atoms with Gasteiger partial charge in [0.25, 0.3) is 0 Å². The van der Waals surface area contributed by atoms with Crippen molar-refractivity contribution in [2.45, 2.75) is 13.1 Å². The SMILES string of the molecule is Fc1cccc(CNCc2cc3ccccc3o2)c1. The van der Waals surface area contributed by atoms with Crippen molar-refractivity contribution in [3.63, 3.8) is 0 Å². The molecule has 0 atom stereocenters. The highest BCUT2D eigenvalue weighted by atomic mass is 19.1. The number of benzene rings is 2. The van der Waals surface area contributed by atoms with Crippen LogP contribution in [0.5, 0.6) is 0 Å². The molecule has 0 bridgehead atoms. The van der Waals surface area contributed by atoms with Crippen LogP contribution in [0.25, 0.3) is 11.0 Å². The molecule has 1 aromatic heterocycles. The van der Waals surface area contributed by atoms with E-state index in [4.69, 9.17) is 4.42 Å². The molecule has 1 heterocycles. The Morgan fingerprint density at radius 2 is 1.84 bits per heavy atom. The number of furan rings is 1. The quantitative estimate of drug-likeness (QED) is 0.765. The molecule has 96 valence electrons. The molecule has 0 fully saturated rings. The van der Waals surface area contributed by atoms with Crippen molar-refractivity contribution in [3.05, 3.63) is 71.7 Å². The van der Waals surface area contributed by atoms with Gasteiger partial charge in [0.15, 0.2) is 0 Å². The van der Waals surface area contributed by atoms with Crippen LogP contribution < -0.4 is 5.32 Å². The van der Waals surface area contributed by atoms with Crippen LogP contribution in [0.2, 0.25) is 0 Å².